The van der Waals surface area contributed by atoms with Crippen LogP contribution in [0.25, 0.3) is 10.2 Å². The minimum Gasteiger partial charge on any atom is -0.390 e. The first kappa shape index (κ1) is 16.9. The zero-order valence-electron chi connectivity index (χ0n) is 14.4. The summed E-state index contributed by atoms with van der Waals surface area (Å²) >= 11 is 1.40. The molecule has 0 aliphatic carbocycles. The lowest BCUT2D eigenvalue weighted by atomic mass is 10.0. The number of nitrogen functional groups attached to an aromatic ring is 1. The highest BCUT2D eigenvalue weighted by molar-refractivity contribution is 7.23. The molecular formula is C19H21N5OS. The maximum atomic E-state index is 13.0. The fraction of sp³-hybridized carbons (Fsp3) is 0.316. The van der Waals surface area contributed by atoms with Gasteiger partial charge in [0.1, 0.15) is 0 Å². The van der Waals surface area contributed by atoms with E-state index in [1.807, 2.05) is 18.2 Å². The Balaban J connectivity index is 1.65. The molecule has 0 aromatic carbocycles. The van der Waals surface area contributed by atoms with Crippen LogP contribution in [0.2, 0.25) is 0 Å². The van der Waals surface area contributed by atoms with E-state index >= 15 is 0 Å². The highest BCUT2D eigenvalue weighted by atomic mass is 32.1. The van der Waals surface area contributed by atoms with Crippen LogP contribution < -0.4 is 16.4 Å². The molecule has 0 bridgehead atoms. The quantitative estimate of drug-likeness (QED) is 0.688. The van der Waals surface area contributed by atoms with Crippen molar-refractivity contribution in [3.05, 3.63) is 47.9 Å². The van der Waals surface area contributed by atoms with Crippen LogP contribution in [0.4, 0.5) is 10.7 Å². The number of thiophene rings is 1. The van der Waals surface area contributed by atoms with Gasteiger partial charge in [-0.15, -0.1) is 11.3 Å². The monoisotopic (exact) mass is 367 g/mol. The van der Waals surface area contributed by atoms with E-state index < -0.39 is 0 Å². The van der Waals surface area contributed by atoms with E-state index in [0.717, 1.165) is 41.9 Å². The number of fused-ring (bicyclic) bond motifs is 1. The molecule has 1 atom stereocenters. The van der Waals surface area contributed by atoms with Gasteiger partial charge in [0.2, 0.25) is 0 Å². The van der Waals surface area contributed by atoms with Gasteiger partial charge < -0.3 is 16.4 Å². The van der Waals surface area contributed by atoms with Gasteiger partial charge in [-0.2, -0.15) is 0 Å². The third-order valence-electron chi connectivity index (χ3n) is 4.78. The van der Waals surface area contributed by atoms with Crippen molar-refractivity contribution < 1.29 is 4.79 Å². The van der Waals surface area contributed by atoms with E-state index in [-0.39, 0.29) is 18.2 Å². The predicted octanol–water partition coefficient (Wildman–Crippen LogP) is 2.63. The van der Waals surface area contributed by atoms with Crippen LogP contribution in [-0.2, 0) is 6.42 Å². The van der Waals surface area contributed by atoms with Crippen molar-refractivity contribution in [1.29, 1.82) is 0 Å². The number of Topliss-reactive ketones (excluding diaryl/α,β-unsaturated/α-hetero) is 1. The molecule has 6 nitrogen and oxygen atoms in total. The van der Waals surface area contributed by atoms with E-state index in [0.29, 0.717) is 16.1 Å². The molecule has 4 rings (SSSR count). The zero-order valence-corrected chi connectivity index (χ0v) is 15.2. The Morgan fingerprint density at radius 3 is 3.08 bits per heavy atom. The summed E-state index contributed by atoms with van der Waals surface area (Å²) in [6.07, 6.45) is 7.57. The maximum Gasteiger partial charge on any atom is 0.172 e. The van der Waals surface area contributed by atoms with Crippen LogP contribution in [0.3, 0.4) is 0 Å². The number of ketones is 1. The van der Waals surface area contributed by atoms with Crippen LogP contribution in [0.1, 0.15) is 28.8 Å². The number of aromatic nitrogens is 2. The van der Waals surface area contributed by atoms with Gasteiger partial charge in [0.15, 0.2) is 5.78 Å². The summed E-state index contributed by atoms with van der Waals surface area (Å²) in [5.41, 5.74) is 15.4. The van der Waals surface area contributed by atoms with Gasteiger partial charge >= 0.3 is 0 Å². The summed E-state index contributed by atoms with van der Waals surface area (Å²) in [7, 11) is 0. The molecule has 26 heavy (non-hydrogen) atoms. The van der Waals surface area contributed by atoms with Crippen LogP contribution in [-0.4, -0.2) is 34.9 Å². The number of piperidine rings is 1. The SMILES string of the molecule is Nc1sc2cccnc2c1C(=O)Cc1cnccc1N1CCC[C@@H](N)C1. The van der Waals surface area contributed by atoms with Crippen molar-refractivity contribution in [3.63, 3.8) is 0 Å². The lowest BCUT2D eigenvalue weighted by molar-refractivity contribution is 0.0995. The third-order valence-corrected chi connectivity index (χ3v) is 5.75. The van der Waals surface area contributed by atoms with Crippen LogP contribution >= 0.6 is 11.3 Å². The van der Waals surface area contributed by atoms with Crippen molar-refractivity contribution in [3.8, 4) is 0 Å². The smallest absolute Gasteiger partial charge is 0.172 e. The Kier molecular flexibility index (Phi) is 4.57. The molecule has 0 amide bonds. The molecule has 0 saturated carbocycles. The van der Waals surface area contributed by atoms with Gasteiger partial charge in [-0.25, -0.2) is 0 Å². The van der Waals surface area contributed by atoms with Gasteiger partial charge in [-0.3, -0.25) is 14.8 Å². The second-order valence-corrected chi connectivity index (χ2v) is 7.73. The Labute approximate surface area is 155 Å². The van der Waals surface area contributed by atoms with E-state index in [1.54, 1.807) is 18.6 Å². The second kappa shape index (κ2) is 7.01. The van der Waals surface area contributed by atoms with Crippen LogP contribution in [0.15, 0.2) is 36.8 Å². The average molecular weight is 367 g/mol. The Morgan fingerprint density at radius 2 is 2.23 bits per heavy atom. The Bertz CT molecular complexity index is 954. The number of hydrogen-bond acceptors (Lipinski definition) is 7. The minimum absolute atomic E-state index is 0.0250. The van der Waals surface area contributed by atoms with Gasteiger partial charge in [0.25, 0.3) is 0 Å². The molecule has 3 aromatic heterocycles. The number of hydrogen-bond donors (Lipinski definition) is 2. The third kappa shape index (κ3) is 3.15. The molecule has 134 valence electrons. The number of nitrogens with zero attached hydrogens (tertiary/aromatic N) is 3. The molecule has 1 fully saturated rings. The Morgan fingerprint density at radius 1 is 1.35 bits per heavy atom. The van der Waals surface area contributed by atoms with Crippen molar-refractivity contribution in [1.82, 2.24) is 9.97 Å². The summed E-state index contributed by atoms with van der Waals surface area (Å²) in [5, 5.41) is 0.522. The normalized spacial score (nSPS) is 17.6. The van der Waals surface area contributed by atoms with E-state index in [1.165, 1.54) is 11.3 Å². The summed E-state index contributed by atoms with van der Waals surface area (Å²) in [4.78, 5) is 23.9. The molecule has 0 radical (unpaired) electrons. The summed E-state index contributed by atoms with van der Waals surface area (Å²) < 4.78 is 0.932. The van der Waals surface area contributed by atoms with Gasteiger partial charge in [-0.05, 0) is 31.0 Å². The summed E-state index contributed by atoms with van der Waals surface area (Å²) in [5.74, 6) is -0.0250. The zero-order chi connectivity index (χ0) is 18.1. The van der Waals surface area contributed by atoms with Crippen LogP contribution in [0, 0.1) is 0 Å². The number of nitrogens with two attached hydrogens (primary N) is 2. The van der Waals surface area contributed by atoms with Crippen molar-refractivity contribution in [2.75, 3.05) is 23.7 Å². The van der Waals surface area contributed by atoms with Crippen molar-refractivity contribution in [2.24, 2.45) is 5.73 Å². The summed E-state index contributed by atoms with van der Waals surface area (Å²) in [6.45, 7) is 1.75. The predicted molar refractivity (Wildman–Crippen MR) is 106 cm³/mol. The number of pyridine rings is 2. The largest absolute Gasteiger partial charge is 0.390 e. The molecule has 1 aliphatic rings. The van der Waals surface area contributed by atoms with Crippen LogP contribution in [0.5, 0.6) is 0 Å². The summed E-state index contributed by atoms with van der Waals surface area (Å²) in [6, 6.07) is 5.92. The van der Waals surface area contributed by atoms with Gasteiger partial charge in [-0.1, -0.05) is 0 Å². The second-order valence-electron chi connectivity index (χ2n) is 6.64. The molecule has 4 N–H and O–H groups in total. The van der Waals surface area contributed by atoms with Gasteiger partial charge in [0, 0.05) is 55.4 Å². The van der Waals surface area contributed by atoms with E-state index in [9.17, 15) is 4.79 Å². The number of anilines is 2. The molecule has 1 saturated heterocycles. The fourth-order valence-electron chi connectivity index (χ4n) is 3.57. The number of carbonyl (C=O) groups is 1. The maximum absolute atomic E-state index is 13.0. The molecule has 4 heterocycles. The van der Waals surface area contributed by atoms with Gasteiger partial charge in [0.05, 0.1) is 20.8 Å². The molecule has 0 unspecified atom stereocenters. The lowest BCUT2D eigenvalue weighted by Gasteiger charge is -2.33. The molecule has 3 aromatic rings. The fourth-order valence-corrected chi connectivity index (χ4v) is 4.52. The Hall–Kier alpha value is -2.51. The standard InChI is InChI=1S/C19H21N5OS/c20-13-3-2-8-24(11-13)14-5-7-22-10-12(14)9-15(25)17-18-16(26-19(17)21)4-1-6-23-18/h1,4-7,10,13H,2-3,8-9,11,20-21H2/t13-/m1/s1. The number of carbonyl (C=O) groups excluding carboxylic acids is 1. The molecule has 7 heteroatoms. The first-order valence-corrected chi connectivity index (χ1v) is 9.54. The molecular weight excluding hydrogens is 346 g/mol. The highest BCUT2D eigenvalue weighted by Gasteiger charge is 2.23. The van der Waals surface area contributed by atoms with E-state index in [4.69, 9.17) is 11.5 Å². The molecule has 1 aliphatic heterocycles. The molecule has 0 spiro atoms. The minimum atomic E-state index is -0.0250. The van der Waals surface area contributed by atoms with Crippen molar-refractivity contribution in [2.45, 2.75) is 25.3 Å². The average Bonchev–Trinajstić information content (AvgIpc) is 2.98. The van der Waals surface area contributed by atoms with Crippen molar-refractivity contribution >= 4 is 38.0 Å². The topological polar surface area (TPSA) is 98.1 Å². The highest BCUT2D eigenvalue weighted by Crippen LogP contribution is 2.33. The van der Waals surface area contributed by atoms with E-state index in [2.05, 4.69) is 14.9 Å². The lowest BCUT2D eigenvalue weighted by Crippen LogP contribution is -2.43. The number of rotatable bonds is 4. The first-order valence-electron chi connectivity index (χ1n) is 8.73. The first-order chi connectivity index (χ1) is 12.6.